The second-order valence-corrected chi connectivity index (χ2v) is 5.62. The molecule has 2 N–H and O–H groups in total. The van der Waals surface area contributed by atoms with Gasteiger partial charge in [0.25, 0.3) is 5.91 Å². The van der Waals surface area contributed by atoms with Crippen LogP contribution in [0.1, 0.15) is 34.5 Å². The van der Waals surface area contributed by atoms with Crippen molar-refractivity contribution >= 4 is 5.91 Å². The van der Waals surface area contributed by atoms with Crippen molar-refractivity contribution in [1.29, 1.82) is 0 Å². The van der Waals surface area contributed by atoms with E-state index in [4.69, 9.17) is 10.2 Å². The van der Waals surface area contributed by atoms with Gasteiger partial charge in [-0.3, -0.25) is 4.79 Å². The zero-order valence-corrected chi connectivity index (χ0v) is 12.3. The molecule has 116 valence electrons. The maximum Gasteiger partial charge on any atom is 0.257 e. The smallest absolute Gasteiger partial charge is 0.257 e. The van der Waals surface area contributed by atoms with Gasteiger partial charge in [-0.25, -0.2) is 4.39 Å². The highest BCUT2D eigenvalue weighted by Gasteiger charge is 2.33. The molecule has 1 aliphatic rings. The number of halogens is 1. The molecular formula is C17H19FN2O2. The quantitative estimate of drug-likeness (QED) is 0.892. The number of rotatable bonds is 6. The Morgan fingerprint density at radius 2 is 2.18 bits per heavy atom. The Balaban J connectivity index is 1.68. The summed E-state index contributed by atoms with van der Waals surface area (Å²) >= 11 is 0. The third-order valence-corrected chi connectivity index (χ3v) is 3.88. The fourth-order valence-corrected chi connectivity index (χ4v) is 2.54. The van der Waals surface area contributed by atoms with Crippen molar-refractivity contribution < 1.29 is 13.6 Å². The number of nitrogens with zero attached hydrogens (tertiary/aromatic N) is 1. The molecule has 2 aromatic rings. The summed E-state index contributed by atoms with van der Waals surface area (Å²) < 4.78 is 18.5. The third-order valence-electron chi connectivity index (χ3n) is 3.88. The SMILES string of the molecule is NCc1cc(C(=O)N(CCc2cccc(F)c2)C2CC2)co1. The van der Waals surface area contributed by atoms with Gasteiger partial charge in [-0.15, -0.1) is 0 Å². The molecule has 0 radical (unpaired) electrons. The molecule has 5 heteroatoms. The van der Waals surface area contributed by atoms with E-state index in [9.17, 15) is 9.18 Å². The lowest BCUT2D eigenvalue weighted by Crippen LogP contribution is -2.34. The van der Waals surface area contributed by atoms with Crippen LogP contribution in [0.3, 0.4) is 0 Å². The Labute approximate surface area is 128 Å². The first-order valence-corrected chi connectivity index (χ1v) is 7.50. The van der Waals surface area contributed by atoms with Gasteiger partial charge in [0.15, 0.2) is 0 Å². The first-order chi connectivity index (χ1) is 10.7. The topological polar surface area (TPSA) is 59.5 Å². The lowest BCUT2D eigenvalue weighted by molar-refractivity contribution is 0.0744. The summed E-state index contributed by atoms with van der Waals surface area (Å²) in [5.41, 5.74) is 6.94. The summed E-state index contributed by atoms with van der Waals surface area (Å²) in [6, 6.07) is 8.49. The minimum absolute atomic E-state index is 0.0395. The molecule has 0 unspecified atom stereocenters. The van der Waals surface area contributed by atoms with E-state index in [0.717, 1.165) is 18.4 Å². The van der Waals surface area contributed by atoms with E-state index in [-0.39, 0.29) is 24.3 Å². The van der Waals surface area contributed by atoms with Crippen LogP contribution in [0.2, 0.25) is 0 Å². The minimum Gasteiger partial charge on any atom is -0.467 e. The average molecular weight is 302 g/mol. The van der Waals surface area contributed by atoms with Gasteiger partial charge in [0.05, 0.1) is 12.1 Å². The van der Waals surface area contributed by atoms with Crippen molar-refractivity contribution in [2.75, 3.05) is 6.54 Å². The second kappa shape index (κ2) is 6.32. The lowest BCUT2D eigenvalue weighted by Gasteiger charge is -2.21. The van der Waals surface area contributed by atoms with Crippen LogP contribution >= 0.6 is 0 Å². The normalized spacial score (nSPS) is 14.1. The van der Waals surface area contributed by atoms with Crippen molar-refractivity contribution in [3.63, 3.8) is 0 Å². The van der Waals surface area contributed by atoms with Crippen LogP contribution in [0.5, 0.6) is 0 Å². The predicted octanol–water partition coefficient (Wildman–Crippen LogP) is 2.72. The van der Waals surface area contributed by atoms with Gasteiger partial charge in [0, 0.05) is 12.6 Å². The van der Waals surface area contributed by atoms with Crippen LogP contribution in [0.25, 0.3) is 0 Å². The summed E-state index contributed by atoms with van der Waals surface area (Å²) in [6.07, 6.45) is 4.15. The van der Waals surface area contributed by atoms with Crippen molar-refractivity contribution in [2.45, 2.75) is 31.8 Å². The molecule has 0 spiro atoms. The molecule has 1 heterocycles. The Kier molecular flexibility index (Phi) is 4.24. The van der Waals surface area contributed by atoms with Crippen LogP contribution in [-0.2, 0) is 13.0 Å². The number of furan rings is 1. The molecule has 1 aliphatic carbocycles. The monoisotopic (exact) mass is 302 g/mol. The molecule has 0 aliphatic heterocycles. The van der Waals surface area contributed by atoms with E-state index in [1.807, 2.05) is 11.0 Å². The van der Waals surface area contributed by atoms with Crippen LogP contribution in [0, 0.1) is 5.82 Å². The summed E-state index contributed by atoms with van der Waals surface area (Å²) in [4.78, 5) is 14.5. The first-order valence-electron chi connectivity index (χ1n) is 7.50. The highest BCUT2D eigenvalue weighted by Crippen LogP contribution is 2.29. The number of carbonyl (C=O) groups is 1. The summed E-state index contributed by atoms with van der Waals surface area (Å²) in [6.45, 7) is 0.857. The molecule has 1 amide bonds. The molecule has 1 aromatic heterocycles. The first kappa shape index (κ1) is 14.8. The van der Waals surface area contributed by atoms with Crippen LogP contribution in [0.15, 0.2) is 41.0 Å². The number of carbonyl (C=O) groups excluding carboxylic acids is 1. The summed E-state index contributed by atoms with van der Waals surface area (Å²) in [7, 11) is 0. The van der Waals surface area contributed by atoms with E-state index in [2.05, 4.69) is 0 Å². The minimum atomic E-state index is -0.246. The Bertz CT molecular complexity index is 664. The number of hydrogen-bond acceptors (Lipinski definition) is 3. The van der Waals surface area contributed by atoms with Gasteiger partial charge in [-0.1, -0.05) is 12.1 Å². The van der Waals surface area contributed by atoms with Crippen molar-refractivity contribution in [3.8, 4) is 0 Å². The van der Waals surface area contributed by atoms with Crippen LogP contribution < -0.4 is 5.73 Å². The van der Waals surface area contributed by atoms with Gasteiger partial charge in [0.1, 0.15) is 17.8 Å². The van der Waals surface area contributed by atoms with Crippen molar-refractivity contribution in [2.24, 2.45) is 5.73 Å². The maximum atomic E-state index is 13.2. The Morgan fingerprint density at radius 3 is 2.82 bits per heavy atom. The Morgan fingerprint density at radius 1 is 1.36 bits per heavy atom. The fraction of sp³-hybridized carbons (Fsp3) is 0.353. The van der Waals surface area contributed by atoms with Crippen LogP contribution in [-0.4, -0.2) is 23.4 Å². The van der Waals surface area contributed by atoms with Gasteiger partial charge < -0.3 is 15.1 Å². The summed E-state index contributed by atoms with van der Waals surface area (Å²) in [5, 5.41) is 0. The lowest BCUT2D eigenvalue weighted by atomic mass is 10.1. The highest BCUT2D eigenvalue weighted by atomic mass is 19.1. The standard InChI is InChI=1S/C17H19FN2O2/c18-14-3-1-2-12(8-14)6-7-20(15-4-5-15)17(21)13-9-16(10-19)22-11-13/h1-3,8-9,11,15H,4-7,10,19H2. The number of amides is 1. The van der Waals surface area contributed by atoms with Crippen LogP contribution in [0.4, 0.5) is 4.39 Å². The predicted molar refractivity (Wildman–Crippen MR) is 80.8 cm³/mol. The number of hydrogen-bond donors (Lipinski definition) is 1. The largest absolute Gasteiger partial charge is 0.467 e. The number of benzene rings is 1. The van der Waals surface area contributed by atoms with Gasteiger partial charge in [0.2, 0.25) is 0 Å². The van der Waals surface area contributed by atoms with Crippen molar-refractivity contribution in [3.05, 3.63) is 59.3 Å². The van der Waals surface area contributed by atoms with Gasteiger partial charge >= 0.3 is 0 Å². The molecule has 1 fully saturated rings. The molecule has 0 saturated heterocycles. The van der Waals surface area contributed by atoms with E-state index < -0.39 is 0 Å². The van der Waals surface area contributed by atoms with Gasteiger partial charge in [-0.05, 0) is 43.0 Å². The maximum absolute atomic E-state index is 13.2. The summed E-state index contributed by atoms with van der Waals surface area (Å²) in [5.74, 6) is 0.316. The third kappa shape index (κ3) is 3.36. The molecule has 0 atom stereocenters. The Hall–Kier alpha value is -2.14. The fourth-order valence-electron chi connectivity index (χ4n) is 2.54. The molecule has 1 saturated carbocycles. The average Bonchev–Trinajstić information content (AvgIpc) is 3.23. The molecule has 1 aromatic carbocycles. The zero-order chi connectivity index (χ0) is 15.5. The molecule has 22 heavy (non-hydrogen) atoms. The molecule has 4 nitrogen and oxygen atoms in total. The van der Waals surface area contributed by atoms with E-state index >= 15 is 0 Å². The van der Waals surface area contributed by atoms with E-state index in [1.165, 1.54) is 18.4 Å². The number of nitrogens with two attached hydrogens (primary N) is 1. The molecule has 0 bridgehead atoms. The van der Waals surface area contributed by atoms with Crippen molar-refractivity contribution in [1.82, 2.24) is 4.90 Å². The van der Waals surface area contributed by atoms with E-state index in [1.54, 1.807) is 12.1 Å². The zero-order valence-electron chi connectivity index (χ0n) is 12.3. The van der Waals surface area contributed by atoms with E-state index in [0.29, 0.717) is 24.3 Å². The van der Waals surface area contributed by atoms with Gasteiger partial charge in [-0.2, -0.15) is 0 Å². The molecule has 3 rings (SSSR count). The highest BCUT2D eigenvalue weighted by molar-refractivity contribution is 5.94. The second-order valence-electron chi connectivity index (χ2n) is 5.62. The molecular weight excluding hydrogens is 283 g/mol.